The molecule has 0 N–H and O–H groups in total. The minimum absolute atomic E-state index is 0.0394. The van der Waals surface area contributed by atoms with Gasteiger partial charge < -0.3 is 4.90 Å². The molecule has 1 aromatic heterocycles. The molecule has 0 bridgehead atoms. The van der Waals surface area contributed by atoms with Crippen molar-refractivity contribution in [3.63, 3.8) is 0 Å². The second-order valence-electron chi connectivity index (χ2n) is 6.59. The molecule has 7 nitrogen and oxygen atoms in total. The minimum atomic E-state index is -3.20. The lowest BCUT2D eigenvalue weighted by molar-refractivity contribution is 0.164. The highest BCUT2D eigenvalue weighted by atomic mass is 32.2. The van der Waals surface area contributed by atoms with Crippen LogP contribution < -0.4 is 4.90 Å². The molecule has 0 spiro atoms. The fourth-order valence-corrected chi connectivity index (χ4v) is 5.17. The lowest BCUT2D eigenvalue weighted by Crippen LogP contribution is -2.49. The van der Waals surface area contributed by atoms with Gasteiger partial charge >= 0.3 is 0 Å². The highest BCUT2D eigenvalue weighted by molar-refractivity contribution is 7.88. The summed E-state index contributed by atoms with van der Waals surface area (Å²) < 4.78 is 26.3. The molecule has 1 saturated carbocycles. The van der Waals surface area contributed by atoms with Gasteiger partial charge in [-0.3, -0.25) is 0 Å². The van der Waals surface area contributed by atoms with Crippen LogP contribution in [0.4, 0.5) is 5.82 Å². The quantitative estimate of drug-likeness (QED) is 0.819. The molecule has 24 heavy (non-hydrogen) atoms. The first-order chi connectivity index (χ1) is 11.5. The number of hydrogen-bond acceptors (Lipinski definition) is 6. The van der Waals surface area contributed by atoms with Crippen LogP contribution in [0.1, 0.15) is 44.2 Å². The first-order valence-electron chi connectivity index (χ1n) is 8.45. The maximum atomic E-state index is 12.3. The topological polar surface area (TPSA) is 90.2 Å². The SMILES string of the molecule is CS(=O)(=O)N(C1CCC1)C1CCCN(c2nccnc2C#N)CC1. The van der Waals surface area contributed by atoms with Gasteiger partial charge in [0.15, 0.2) is 11.5 Å². The number of sulfonamides is 1. The number of aromatic nitrogens is 2. The van der Waals surface area contributed by atoms with Gasteiger partial charge in [0, 0.05) is 37.6 Å². The molecule has 3 rings (SSSR count). The van der Waals surface area contributed by atoms with Crippen LogP contribution in [0.3, 0.4) is 0 Å². The Kier molecular flexibility index (Phi) is 5.01. The van der Waals surface area contributed by atoms with Gasteiger partial charge in [-0.1, -0.05) is 6.42 Å². The Morgan fingerprint density at radius 2 is 1.79 bits per heavy atom. The normalized spacial score (nSPS) is 22.7. The molecule has 2 aliphatic rings. The summed E-state index contributed by atoms with van der Waals surface area (Å²) in [6.07, 6.45) is 9.97. The lowest BCUT2D eigenvalue weighted by Gasteiger charge is -2.40. The van der Waals surface area contributed by atoms with Crippen molar-refractivity contribution in [1.82, 2.24) is 14.3 Å². The van der Waals surface area contributed by atoms with E-state index in [1.54, 1.807) is 10.5 Å². The Hall–Kier alpha value is -1.72. The second-order valence-corrected chi connectivity index (χ2v) is 8.48. The number of nitrogens with zero attached hydrogens (tertiary/aromatic N) is 5. The first-order valence-corrected chi connectivity index (χ1v) is 10.3. The number of nitriles is 1. The van der Waals surface area contributed by atoms with Crippen molar-refractivity contribution in [3.05, 3.63) is 18.1 Å². The summed E-state index contributed by atoms with van der Waals surface area (Å²) in [7, 11) is -3.20. The van der Waals surface area contributed by atoms with Gasteiger partial charge in [0.1, 0.15) is 6.07 Å². The Morgan fingerprint density at radius 3 is 2.42 bits per heavy atom. The molecule has 1 aliphatic carbocycles. The Bertz CT molecular complexity index is 726. The Morgan fingerprint density at radius 1 is 1.12 bits per heavy atom. The lowest BCUT2D eigenvalue weighted by atomic mass is 9.91. The van der Waals surface area contributed by atoms with E-state index in [1.807, 2.05) is 0 Å². The van der Waals surface area contributed by atoms with E-state index in [9.17, 15) is 13.7 Å². The maximum Gasteiger partial charge on any atom is 0.211 e. The fraction of sp³-hybridized carbons (Fsp3) is 0.688. The molecule has 1 unspecified atom stereocenters. The van der Waals surface area contributed by atoms with E-state index in [4.69, 9.17) is 0 Å². The van der Waals surface area contributed by atoms with Crippen molar-refractivity contribution in [1.29, 1.82) is 5.26 Å². The van der Waals surface area contributed by atoms with E-state index in [2.05, 4.69) is 20.9 Å². The summed E-state index contributed by atoms with van der Waals surface area (Å²) in [5.74, 6) is 0.607. The van der Waals surface area contributed by atoms with Gasteiger partial charge in [-0.15, -0.1) is 0 Å². The van der Waals surface area contributed by atoms with Crippen LogP contribution in [0, 0.1) is 11.3 Å². The third-order valence-corrected chi connectivity index (χ3v) is 6.32. The van der Waals surface area contributed by atoms with Crippen molar-refractivity contribution < 1.29 is 8.42 Å². The van der Waals surface area contributed by atoms with E-state index < -0.39 is 10.0 Å². The summed E-state index contributed by atoms with van der Waals surface area (Å²) >= 11 is 0. The van der Waals surface area contributed by atoms with E-state index in [1.165, 1.54) is 12.5 Å². The monoisotopic (exact) mass is 349 g/mol. The summed E-state index contributed by atoms with van der Waals surface area (Å²) in [6.45, 7) is 1.46. The van der Waals surface area contributed by atoms with Crippen molar-refractivity contribution in [2.24, 2.45) is 0 Å². The number of rotatable bonds is 4. The molecule has 8 heteroatoms. The first kappa shape index (κ1) is 17.1. The van der Waals surface area contributed by atoms with Crippen LogP contribution in [-0.4, -0.2) is 54.1 Å². The van der Waals surface area contributed by atoms with Crippen molar-refractivity contribution in [2.45, 2.75) is 50.6 Å². The molecular weight excluding hydrogens is 326 g/mol. The molecule has 130 valence electrons. The van der Waals surface area contributed by atoms with E-state index in [-0.39, 0.29) is 12.1 Å². The van der Waals surface area contributed by atoms with Crippen molar-refractivity contribution >= 4 is 15.8 Å². The molecule has 0 radical (unpaired) electrons. The molecule has 2 fully saturated rings. The molecule has 0 aromatic carbocycles. The van der Waals surface area contributed by atoms with E-state index >= 15 is 0 Å². The zero-order valence-corrected chi connectivity index (χ0v) is 14.7. The smallest absolute Gasteiger partial charge is 0.211 e. The molecule has 2 heterocycles. The average Bonchev–Trinajstić information content (AvgIpc) is 2.75. The van der Waals surface area contributed by atoms with Crippen molar-refractivity contribution in [3.8, 4) is 6.07 Å². The average molecular weight is 349 g/mol. The van der Waals surface area contributed by atoms with Gasteiger partial charge in [-0.2, -0.15) is 9.57 Å². The summed E-state index contributed by atoms with van der Waals surface area (Å²) in [5.41, 5.74) is 0.329. The zero-order valence-electron chi connectivity index (χ0n) is 13.9. The molecule has 1 aromatic rings. The van der Waals surface area contributed by atoms with Crippen molar-refractivity contribution in [2.75, 3.05) is 24.2 Å². The van der Waals surface area contributed by atoms with Crippen LogP contribution >= 0.6 is 0 Å². The highest BCUT2D eigenvalue weighted by Crippen LogP contribution is 2.32. The molecule has 1 saturated heterocycles. The van der Waals surface area contributed by atoms with Crippen LogP contribution in [0.5, 0.6) is 0 Å². The van der Waals surface area contributed by atoms with Gasteiger partial charge in [0.2, 0.25) is 10.0 Å². The van der Waals surface area contributed by atoms with E-state index in [0.29, 0.717) is 18.1 Å². The third kappa shape index (κ3) is 3.52. The zero-order chi connectivity index (χ0) is 17.2. The van der Waals surface area contributed by atoms with Gasteiger partial charge in [0.25, 0.3) is 0 Å². The summed E-state index contributed by atoms with van der Waals surface area (Å²) in [6, 6.07) is 2.29. The summed E-state index contributed by atoms with van der Waals surface area (Å²) in [4.78, 5) is 10.4. The third-order valence-electron chi connectivity index (χ3n) is 4.96. The maximum absolute atomic E-state index is 12.3. The van der Waals surface area contributed by atoms with Crippen LogP contribution in [0.25, 0.3) is 0 Å². The van der Waals surface area contributed by atoms with Gasteiger partial charge in [0.05, 0.1) is 6.26 Å². The standard InChI is InChI=1S/C16H23N5O2S/c1-24(22,23)21(13-4-2-5-13)14-6-3-10-20(11-7-14)16-15(12-17)18-8-9-19-16/h8-9,13-14H,2-7,10-11H2,1H3. The Labute approximate surface area is 143 Å². The molecule has 1 atom stereocenters. The van der Waals surface area contributed by atoms with Gasteiger partial charge in [-0.25, -0.2) is 18.4 Å². The van der Waals surface area contributed by atoms with Crippen LogP contribution in [0.15, 0.2) is 12.4 Å². The molecule has 1 aliphatic heterocycles. The second kappa shape index (κ2) is 7.03. The largest absolute Gasteiger partial charge is 0.354 e. The highest BCUT2D eigenvalue weighted by Gasteiger charge is 2.37. The summed E-state index contributed by atoms with van der Waals surface area (Å²) in [5, 5.41) is 9.21. The molecule has 0 amide bonds. The van der Waals surface area contributed by atoms with Gasteiger partial charge in [-0.05, 0) is 32.1 Å². The predicted octanol–water partition coefficient (Wildman–Crippen LogP) is 1.52. The Balaban J connectivity index is 1.76. The van der Waals surface area contributed by atoms with Crippen LogP contribution in [-0.2, 0) is 10.0 Å². The van der Waals surface area contributed by atoms with Crippen LogP contribution in [0.2, 0.25) is 0 Å². The fourth-order valence-electron chi connectivity index (χ4n) is 3.67. The number of hydrogen-bond donors (Lipinski definition) is 0. The minimum Gasteiger partial charge on any atom is -0.354 e. The predicted molar refractivity (Wildman–Crippen MR) is 90.9 cm³/mol. The number of anilines is 1. The molecular formula is C16H23N5O2S. The van der Waals surface area contributed by atoms with E-state index in [0.717, 1.165) is 45.1 Å².